The van der Waals surface area contributed by atoms with Crippen LogP contribution >= 0.6 is 0 Å². The smallest absolute Gasteiger partial charge is 0.0890 e. The lowest BCUT2D eigenvalue weighted by Crippen LogP contribution is -2.12. The van der Waals surface area contributed by atoms with Crippen LogP contribution in [0.25, 0.3) is 11.0 Å². The van der Waals surface area contributed by atoms with E-state index in [2.05, 4.69) is 9.97 Å². The molecule has 2 aromatic rings. The number of fused-ring (bicyclic) bond motifs is 1. The molecule has 0 spiro atoms. The highest BCUT2D eigenvalue weighted by atomic mass is 16.3. The van der Waals surface area contributed by atoms with Gasteiger partial charge in [-0.1, -0.05) is 19.1 Å². The molecule has 0 aliphatic heterocycles. The monoisotopic (exact) mass is 202 g/mol. The lowest BCUT2D eigenvalue weighted by Gasteiger charge is -2.13. The Morgan fingerprint density at radius 1 is 1.13 bits per heavy atom. The van der Waals surface area contributed by atoms with Crippen molar-refractivity contribution in [3.05, 3.63) is 36.2 Å². The minimum Gasteiger partial charge on any atom is -0.393 e. The van der Waals surface area contributed by atoms with Crippen molar-refractivity contribution in [2.45, 2.75) is 25.9 Å². The molecule has 0 radical (unpaired) electrons. The molecule has 0 saturated carbocycles. The molecule has 78 valence electrons. The van der Waals surface area contributed by atoms with Crippen molar-refractivity contribution >= 4 is 11.0 Å². The molecule has 1 aromatic heterocycles. The van der Waals surface area contributed by atoms with E-state index in [0.29, 0.717) is 0 Å². The number of para-hydroxylation sites is 2. The van der Waals surface area contributed by atoms with Gasteiger partial charge in [-0.25, -0.2) is 4.98 Å². The Kier molecular flexibility index (Phi) is 2.64. The normalized spacial score (nSPS) is 15.1. The molecule has 0 amide bonds. The Balaban J connectivity index is 2.47. The van der Waals surface area contributed by atoms with Crippen molar-refractivity contribution < 1.29 is 5.11 Å². The Morgan fingerprint density at radius 3 is 2.47 bits per heavy atom. The number of nitrogens with zero attached hydrogens (tertiary/aromatic N) is 2. The van der Waals surface area contributed by atoms with E-state index in [4.69, 9.17) is 0 Å². The Morgan fingerprint density at radius 2 is 1.80 bits per heavy atom. The van der Waals surface area contributed by atoms with E-state index in [0.717, 1.165) is 16.7 Å². The summed E-state index contributed by atoms with van der Waals surface area (Å²) in [6.07, 6.45) is 1.33. The van der Waals surface area contributed by atoms with E-state index >= 15 is 0 Å². The van der Waals surface area contributed by atoms with Crippen molar-refractivity contribution in [3.63, 3.8) is 0 Å². The van der Waals surface area contributed by atoms with Gasteiger partial charge >= 0.3 is 0 Å². The maximum absolute atomic E-state index is 9.48. The molecule has 2 rings (SSSR count). The Labute approximate surface area is 88.8 Å². The number of hydrogen-bond acceptors (Lipinski definition) is 3. The summed E-state index contributed by atoms with van der Waals surface area (Å²) >= 11 is 0. The molecule has 1 heterocycles. The fraction of sp³-hybridized carbons (Fsp3) is 0.333. The van der Waals surface area contributed by atoms with E-state index < -0.39 is 6.10 Å². The van der Waals surface area contributed by atoms with Crippen molar-refractivity contribution in [1.82, 2.24) is 9.97 Å². The van der Waals surface area contributed by atoms with Crippen LogP contribution in [-0.2, 0) is 0 Å². The van der Waals surface area contributed by atoms with Gasteiger partial charge in [0, 0.05) is 12.1 Å². The number of rotatable bonds is 2. The molecule has 1 N–H and O–H groups in total. The molecule has 3 heteroatoms. The van der Waals surface area contributed by atoms with Crippen LogP contribution in [0.4, 0.5) is 0 Å². The first-order valence-corrected chi connectivity index (χ1v) is 5.08. The molecule has 0 bridgehead atoms. The first-order chi connectivity index (χ1) is 7.18. The Bertz CT molecular complexity index is 468. The summed E-state index contributed by atoms with van der Waals surface area (Å²) in [6.45, 7) is 3.71. The molecule has 2 atom stereocenters. The topological polar surface area (TPSA) is 46.0 Å². The minimum atomic E-state index is -0.402. The standard InChI is InChI=1S/C12H14N2O/c1-8(9(2)15)12-7-13-10-5-3-4-6-11(10)14-12/h3-9,15H,1-2H3. The van der Waals surface area contributed by atoms with Crippen LogP contribution < -0.4 is 0 Å². The van der Waals surface area contributed by atoms with Crippen LogP contribution in [0.1, 0.15) is 25.5 Å². The van der Waals surface area contributed by atoms with Gasteiger partial charge < -0.3 is 5.11 Å². The predicted octanol–water partition coefficient (Wildman–Crippen LogP) is 2.11. The Hall–Kier alpha value is -1.48. The van der Waals surface area contributed by atoms with Crippen molar-refractivity contribution in [1.29, 1.82) is 0 Å². The van der Waals surface area contributed by atoms with Gasteiger partial charge in [-0.15, -0.1) is 0 Å². The molecule has 2 unspecified atom stereocenters. The lowest BCUT2D eigenvalue weighted by molar-refractivity contribution is 0.167. The summed E-state index contributed by atoms with van der Waals surface area (Å²) < 4.78 is 0. The maximum Gasteiger partial charge on any atom is 0.0890 e. The third-order valence-corrected chi connectivity index (χ3v) is 2.66. The number of aliphatic hydroxyl groups excluding tert-OH is 1. The first-order valence-electron chi connectivity index (χ1n) is 5.08. The maximum atomic E-state index is 9.48. The van der Waals surface area contributed by atoms with Crippen LogP contribution in [0, 0.1) is 0 Å². The fourth-order valence-electron chi connectivity index (χ4n) is 1.44. The second-order valence-corrected chi connectivity index (χ2v) is 3.81. The van der Waals surface area contributed by atoms with Crippen molar-refractivity contribution in [2.24, 2.45) is 0 Å². The highest BCUT2D eigenvalue weighted by Gasteiger charge is 2.13. The summed E-state index contributed by atoms with van der Waals surface area (Å²) in [6, 6.07) is 7.74. The SMILES string of the molecule is CC(O)C(C)c1cnc2ccccc2n1. The summed E-state index contributed by atoms with van der Waals surface area (Å²) in [5, 5.41) is 9.48. The number of aromatic nitrogens is 2. The average molecular weight is 202 g/mol. The lowest BCUT2D eigenvalue weighted by atomic mass is 10.0. The first kappa shape index (κ1) is 10.1. The number of aliphatic hydroxyl groups is 1. The number of benzene rings is 1. The van der Waals surface area contributed by atoms with Crippen molar-refractivity contribution in [2.75, 3.05) is 0 Å². The molecular formula is C12H14N2O. The zero-order chi connectivity index (χ0) is 10.8. The van der Waals surface area contributed by atoms with Gasteiger partial charge in [-0.05, 0) is 19.1 Å². The summed E-state index contributed by atoms with van der Waals surface area (Å²) in [4.78, 5) is 8.78. The largest absolute Gasteiger partial charge is 0.393 e. The van der Waals surface area contributed by atoms with Gasteiger partial charge in [-0.3, -0.25) is 4.98 Å². The second-order valence-electron chi connectivity index (χ2n) is 3.81. The van der Waals surface area contributed by atoms with Gasteiger partial charge in [0.15, 0.2) is 0 Å². The zero-order valence-electron chi connectivity index (χ0n) is 8.88. The van der Waals surface area contributed by atoms with E-state index in [-0.39, 0.29) is 5.92 Å². The second kappa shape index (κ2) is 3.95. The molecule has 3 nitrogen and oxygen atoms in total. The van der Waals surface area contributed by atoms with Gasteiger partial charge in [0.2, 0.25) is 0 Å². The van der Waals surface area contributed by atoms with E-state index in [1.54, 1.807) is 13.1 Å². The fourth-order valence-corrected chi connectivity index (χ4v) is 1.44. The third-order valence-electron chi connectivity index (χ3n) is 2.66. The predicted molar refractivity (Wildman–Crippen MR) is 59.6 cm³/mol. The third kappa shape index (κ3) is 1.97. The molecule has 1 aromatic carbocycles. The highest BCUT2D eigenvalue weighted by Crippen LogP contribution is 2.18. The molecule has 0 fully saturated rings. The van der Waals surface area contributed by atoms with E-state index in [1.807, 2.05) is 31.2 Å². The van der Waals surface area contributed by atoms with Gasteiger partial charge in [-0.2, -0.15) is 0 Å². The molecule has 15 heavy (non-hydrogen) atoms. The van der Waals surface area contributed by atoms with Crippen molar-refractivity contribution in [3.8, 4) is 0 Å². The van der Waals surface area contributed by atoms with Gasteiger partial charge in [0.25, 0.3) is 0 Å². The van der Waals surface area contributed by atoms with E-state index in [1.165, 1.54) is 0 Å². The van der Waals surface area contributed by atoms with Gasteiger partial charge in [0.05, 0.1) is 22.8 Å². The summed E-state index contributed by atoms with van der Waals surface area (Å²) in [7, 11) is 0. The van der Waals surface area contributed by atoms with E-state index in [9.17, 15) is 5.11 Å². The average Bonchev–Trinajstić information content (AvgIpc) is 2.27. The summed E-state index contributed by atoms with van der Waals surface area (Å²) in [5.74, 6) is 0.0158. The van der Waals surface area contributed by atoms with Gasteiger partial charge in [0.1, 0.15) is 0 Å². The van der Waals surface area contributed by atoms with Crippen LogP contribution in [0.15, 0.2) is 30.5 Å². The molecule has 0 aliphatic carbocycles. The van der Waals surface area contributed by atoms with Crippen LogP contribution in [0.3, 0.4) is 0 Å². The molecule has 0 saturated heterocycles. The minimum absolute atomic E-state index is 0.0158. The van der Waals surface area contributed by atoms with Crippen LogP contribution in [-0.4, -0.2) is 21.2 Å². The zero-order valence-corrected chi connectivity index (χ0v) is 8.88. The number of hydrogen-bond donors (Lipinski definition) is 1. The quantitative estimate of drug-likeness (QED) is 0.811. The van der Waals surface area contributed by atoms with Crippen LogP contribution in [0.2, 0.25) is 0 Å². The van der Waals surface area contributed by atoms with Crippen LogP contribution in [0.5, 0.6) is 0 Å². The molecular weight excluding hydrogens is 188 g/mol. The summed E-state index contributed by atoms with van der Waals surface area (Å²) in [5.41, 5.74) is 2.60. The highest BCUT2D eigenvalue weighted by molar-refractivity contribution is 5.73. The molecule has 0 aliphatic rings.